The van der Waals surface area contributed by atoms with Gasteiger partial charge in [0.25, 0.3) is 0 Å². The van der Waals surface area contributed by atoms with Crippen molar-refractivity contribution in [2.24, 2.45) is 5.41 Å². The lowest BCUT2D eigenvalue weighted by Crippen LogP contribution is -2.30. The number of benzene rings is 1. The summed E-state index contributed by atoms with van der Waals surface area (Å²) in [7, 11) is 1.58. The van der Waals surface area contributed by atoms with E-state index < -0.39 is 11.4 Å². The van der Waals surface area contributed by atoms with Crippen LogP contribution in [-0.4, -0.2) is 30.8 Å². The van der Waals surface area contributed by atoms with Gasteiger partial charge in [-0.15, -0.1) is 0 Å². The van der Waals surface area contributed by atoms with E-state index in [4.69, 9.17) is 14.6 Å². The summed E-state index contributed by atoms with van der Waals surface area (Å²) in [6.45, 7) is 4.16. The van der Waals surface area contributed by atoms with Gasteiger partial charge in [-0.2, -0.15) is 0 Å². The van der Waals surface area contributed by atoms with Gasteiger partial charge in [0.2, 0.25) is 0 Å². The maximum Gasteiger partial charge on any atom is 0.312 e. The van der Waals surface area contributed by atoms with Crippen LogP contribution in [0.25, 0.3) is 0 Å². The summed E-state index contributed by atoms with van der Waals surface area (Å²) in [6.07, 6.45) is 2.48. The van der Waals surface area contributed by atoms with Crippen molar-refractivity contribution in [2.45, 2.75) is 39.3 Å². The van der Waals surface area contributed by atoms with E-state index >= 15 is 0 Å². The quantitative estimate of drug-likeness (QED) is 0.770. The predicted molar refractivity (Wildman–Crippen MR) is 79.8 cm³/mol. The Morgan fingerprint density at radius 3 is 2.67 bits per heavy atom. The summed E-state index contributed by atoms with van der Waals surface area (Å²) in [5.74, 6) is 0.321. The van der Waals surface area contributed by atoms with E-state index in [1.165, 1.54) is 12.8 Å². The van der Waals surface area contributed by atoms with Gasteiger partial charge in [0.15, 0.2) is 11.5 Å². The van der Waals surface area contributed by atoms with E-state index in [-0.39, 0.29) is 6.61 Å². The second-order valence-electron chi connectivity index (χ2n) is 6.12. The molecule has 21 heavy (non-hydrogen) atoms. The summed E-state index contributed by atoms with van der Waals surface area (Å²) in [6, 6.07) is 6.39. The zero-order valence-electron chi connectivity index (χ0n) is 12.8. The van der Waals surface area contributed by atoms with E-state index in [0.29, 0.717) is 17.5 Å². The van der Waals surface area contributed by atoms with Gasteiger partial charge in [-0.05, 0) is 44.4 Å². The van der Waals surface area contributed by atoms with Crippen LogP contribution in [-0.2, 0) is 11.3 Å². The van der Waals surface area contributed by atoms with E-state index in [0.717, 1.165) is 12.1 Å². The number of rotatable bonds is 8. The SMILES string of the molecule is COc1ccc(CNC2CC2)cc1OCC(C)(C)C(=O)O. The van der Waals surface area contributed by atoms with Crippen molar-refractivity contribution in [2.75, 3.05) is 13.7 Å². The molecule has 1 aliphatic carbocycles. The number of carbonyl (C=O) groups is 1. The van der Waals surface area contributed by atoms with Crippen LogP contribution in [0, 0.1) is 5.41 Å². The first kappa shape index (κ1) is 15.6. The van der Waals surface area contributed by atoms with E-state index in [1.807, 2.05) is 18.2 Å². The lowest BCUT2D eigenvalue weighted by molar-refractivity contribution is -0.148. The molecule has 5 heteroatoms. The summed E-state index contributed by atoms with van der Waals surface area (Å²) in [4.78, 5) is 11.1. The molecule has 0 saturated heterocycles. The number of carboxylic acid groups (broad SMARTS) is 1. The highest BCUT2D eigenvalue weighted by molar-refractivity contribution is 5.73. The first-order chi connectivity index (χ1) is 9.92. The van der Waals surface area contributed by atoms with Crippen molar-refractivity contribution in [1.29, 1.82) is 0 Å². The van der Waals surface area contributed by atoms with Crippen molar-refractivity contribution in [3.05, 3.63) is 23.8 Å². The van der Waals surface area contributed by atoms with Gasteiger partial charge >= 0.3 is 5.97 Å². The number of ether oxygens (including phenoxy) is 2. The van der Waals surface area contributed by atoms with Crippen molar-refractivity contribution < 1.29 is 19.4 Å². The Hall–Kier alpha value is -1.75. The van der Waals surface area contributed by atoms with Crippen molar-refractivity contribution >= 4 is 5.97 Å². The number of hydrogen-bond donors (Lipinski definition) is 2. The fraction of sp³-hybridized carbons (Fsp3) is 0.562. The monoisotopic (exact) mass is 293 g/mol. The normalized spacial score (nSPS) is 14.8. The molecule has 5 nitrogen and oxygen atoms in total. The summed E-state index contributed by atoms with van der Waals surface area (Å²) >= 11 is 0. The maximum absolute atomic E-state index is 11.1. The molecule has 116 valence electrons. The Labute approximate surface area is 125 Å². The van der Waals surface area contributed by atoms with Crippen molar-refractivity contribution in [1.82, 2.24) is 5.32 Å². The van der Waals surface area contributed by atoms with Gasteiger partial charge in [-0.3, -0.25) is 4.79 Å². The minimum absolute atomic E-state index is 0.0954. The Morgan fingerprint density at radius 2 is 2.10 bits per heavy atom. The number of hydrogen-bond acceptors (Lipinski definition) is 4. The van der Waals surface area contributed by atoms with Gasteiger partial charge in [0, 0.05) is 12.6 Å². The maximum atomic E-state index is 11.1. The second-order valence-corrected chi connectivity index (χ2v) is 6.12. The first-order valence-corrected chi connectivity index (χ1v) is 7.19. The highest BCUT2D eigenvalue weighted by atomic mass is 16.5. The highest BCUT2D eigenvalue weighted by Gasteiger charge is 2.28. The van der Waals surface area contributed by atoms with Crippen LogP contribution in [0.5, 0.6) is 11.5 Å². The molecule has 2 rings (SSSR count). The molecule has 0 unspecified atom stereocenters. The zero-order chi connectivity index (χ0) is 15.5. The average molecular weight is 293 g/mol. The van der Waals surface area contributed by atoms with Crippen LogP contribution >= 0.6 is 0 Å². The molecule has 0 bridgehead atoms. The van der Waals surface area contributed by atoms with E-state index in [2.05, 4.69) is 5.32 Å². The summed E-state index contributed by atoms with van der Waals surface area (Å²) in [5, 5.41) is 12.6. The number of aliphatic carboxylic acids is 1. The standard InChI is InChI=1S/C16H23NO4/c1-16(2,15(18)19)10-21-14-8-11(4-7-13(14)20-3)9-17-12-5-6-12/h4,7-8,12,17H,5-6,9-10H2,1-3H3,(H,18,19). The Morgan fingerprint density at radius 1 is 1.38 bits per heavy atom. The topological polar surface area (TPSA) is 67.8 Å². The van der Waals surface area contributed by atoms with Gasteiger partial charge in [0.05, 0.1) is 12.5 Å². The lowest BCUT2D eigenvalue weighted by Gasteiger charge is -2.21. The Kier molecular flexibility index (Phi) is 4.73. The van der Waals surface area contributed by atoms with Crippen LogP contribution in [0.3, 0.4) is 0 Å². The number of methoxy groups -OCH3 is 1. The molecule has 1 aromatic carbocycles. The number of nitrogens with one attached hydrogen (secondary N) is 1. The minimum Gasteiger partial charge on any atom is -0.493 e. The van der Waals surface area contributed by atoms with Gasteiger partial charge in [-0.1, -0.05) is 6.07 Å². The smallest absolute Gasteiger partial charge is 0.312 e. The van der Waals surface area contributed by atoms with Gasteiger partial charge in [0.1, 0.15) is 6.61 Å². The lowest BCUT2D eigenvalue weighted by atomic mass is 9.95. The van der Waals surface area contributed by atoms with Crippen molar-refractivity contribution in [3.8, 4) is 11.5 Å². The fourth-order valence-electron chi connectivity index (χ4n) is 1.81. The largest absolute Gasteiger partial charge is 0.493 e. The molecule has 0 radical (unpaired) electrons. The van der Waals surface area contributed by atoms with Crippen LogP contribution in [0.4, 0.5) is 0 Å². The second kappa shape index (κ2) is 6.35. The Balaban J connectivity index is 2.04. The van der Waals surface area contributed by atoms with E-state index in [9.17, 15) is 4.79 Å². The zero-order valence-corrected chi connectivity index (χ0v) is 12.8. The van der Waals surface area contributed by atoms with E-state index in [1.54, 1.807) is 21.0 Å². The predicted octanol–water partition coefficient (Wildman–Crippen LogP) is 2.44. The van der Waals surface area contributed by atoms with Crippen LogP contribution in [0.15, 0.2) is 18.2 Å². The van der Waals surface area contributed by atoms with Gasteiger partial charge < -0.3 is 19.9 Å². The molecule has 0 spiro atoms. The summed E-state index contributed by atoms with van der Waals surface area (Å²) in [5.41, 5.74) is 0.165. The van der Waals surface area contributed by atoms with Crippen LogP contribution < -0.4 is 14.8 Å². The minimum atomic E-state index is -0.937. The molecule has 0 amide bonds. The van der Waals surface area contributed by atoms with Crippen LogP contribution in [0.1, 0.15) is 32.3 Å². The highest BCUT2D eigenvalue weighted by Crippen LogP contribution is 2.30. The first-order valence-electron chi connectivity index (χ1n) is 7.19. The molecule has 1 saturated carbocycles. The van der Waals surface area contributed by atoms with Crippen molar-refractivity contribution in [3.63, 3.8) is 0 Å². The third-order valence-corrected chi connectivity index (χ3v) is 3.57. The Bertz CT molecular complexity index is 509. The molecule has 1 aromatic rings. The molecule has 1 fully saturated rings. The molecule has 0 aliphatic heterocycles. The third-order valence-electron chi connectivity index (χ3n) is 3.57. The fourth-order valence-corrected chi connectivity index (χ4v) is 1.81. The van der Waals surface area contributed by atoms with Gasteiger partial charge in [-0.25, -0.2) is 0 Å². The summed E-state index contributed by atoms with van der Waals surface area (Å²) < 4.78 is 11.0. The number of carboxylic acids is 1. The molecular weight excluding hydrogens is 270 g/mol. The average Bonchev–Trinajstić information content (AvgIpc) is 3.27. The molecule has 0 heterocycles. The molecule has 1 aliphatic rings. The molecular formula is C16H23NO4. The molecule has 2 N–H and O–H groups in total. The third kappa shape index (κ3) is 4.36. The molecule has 0 atom stereocenters. The molecule has 0 aromatic heterocycles. The van der Waals surface area contributed by atoms with Crippen LogP contribution in [0.2, 0.25) is 0 Å².